The van der Waals surface area contributed by atoms with E-state index < -0.39 is 14.0 Å². The van der Waals surface area contributed by atoms with Gasteiger partial charge in [0.05, 0.1) is 5.92 Å². The van der Waals surface area contributed by atoms with Crippen LogP contribution in [0.4, 0.5) is 0 Å². The van der Waals surface area contributed by atoms with E-state index in [1.165, 1.54) is 0 Å². The van der Waals surface area contributed by atoms with Crippen molar-refractivity contribution in [1.82, 2.24) is 0 Å². The summed E-state index contributed by atoms with van der Waals surface area (Å²) < 4.78 is 0. The molecule has 0 aromatic carbocycles. The summed E-state index contributed by atoms with van der Waals surface area (Å²) in [5.41, 5.74) is 0. The molecule has 0 spiro atoms. The van der Waals surface area contributed by atoms with Crippen LogP contribution in [-0.2, 0) is 4.79 Å². The van der Waals surface area contributed by atoms with Gasteiger partial charge < -0.3 is 5.11 Å². The SMILES string of the molecule is C[Si](C)(C)CCC(CCCBr)C(=O)O. The van der Waals surface area contributed by atoms with Crippen molar-refractivity contribution < 1.29 is 9.90 Å². The zero-order valence-corrected chi connectivity index (χ0v) is 11.9. The normalized spacial score (nSPS) is 14.0. The minimum Gasteiger partial charge on any atom is -0.481 e. The molecule has 14 heavy (non-hydrogen) atoms. The van der Waals surface area contributed by atoms with E-state index in [9.17, 15) is 4.79 Å². The molecule has 0 saturated heterocycles. The van der Waals surface area contributed by atoms with Gasteiger partial charge in [0.15, 0.2) is 0 Å². The molecule has 1 atom stereocenters. The average Bonchev–Trinajstić information content (AvgIpc) is 2.01. The van der Waals surface area contributed by atoms with Gasteiger partial charge in [-0.15, -0.1) is 0 Å². The minimum absolute atomic E-state index is 0.126. The standard InChI is InChI=1S/C10H21BrO2Si/c1-14(2,3)8-6-9(10(12)13)5-4-7-11/h9H,4-8H2,1-3H3,(H,12,13). The number of aliphatic carboxylic acids is 1. The van der Waals surface area contributed by atoms with E-state index in [1.807, 2.05) is 0 Å². The molecule has 0 aromatic rings. The number of carboxylic acids is 1. The van der Waals surface area contributed by atoms with Crippen molar-refractivity contribution >= 4 is 30.0 Å². The summed E-state index contributed by atoms with van der Waals surface area (Å²) in [6.07, 6.45) is 2.63. The maximum absolute atomic E-state index is 10.9. The first-order valence-corrected chi connectivity index (χ1v) is 9.98. The lowest BCUT2D eigenvalue weighted by molar-refractivity contribution is -0.142. The highest BCUT2D eigenvalue weighted by atomic mass is 79.9. The molecule has 4 heteroatoms. The number of carbonyl (C=O) groups is 1. The number of carboxylic acid groups (broad SMARTS) is 1. The van der Waals surface area contributed by atoms with Crippen LogP contribution in [-0.4, -0.2) is 24.5 Å². The van der Waals surface area contributed by atoms with Crippen molar-refractivity contribution in [1.29, 1.82) is 0 Å². The van der Waals surface area contributed by atoms with Crippen molar-refractivity contribution in [2.45, 2.75) is 44.9 Å². The predicted molar refractivity (Wildman–Crippen MR) is 66.9 cm³/mol. The van der Waals surface area contributed by atoms with Gasteiger partial charge in [-0.25, -0.2) is 0 Å². The van der Waals surface area contributed by atoms with E-state index in [0.717, 1.165) is 30.6 Å². The Kier molecular flexibility index (Phi) is 6.69. The number of rotatable bonds is 7. The Labute approximate surface area is 96.2 Å². The maximum Gasteiger partial charge on any atom is 0.306 e. The summed E-state index contributed by atoms with van der Waals surface area (Å²) in [6.45, 7) is 6.86. The topological polar surface area (TPSA) is 37.3 Å². The van der Waals surface area contributed by atoms with Crippen LogP contribution in [0.25, 0.3) is 0 Å². The highest BCUT2D eigenvalue weighted by Gasteiger charge is 2.21. The smallest absolute Gasteiger partial charge is 0.306 e. The molecular weight excluding hydrogens is 260 g/mol. The monoisotopic (exact) mass is 280 g/mol. The second-order valence-electron chi connectivity index (χ2n) is 4.97. The van der Waals surface area contributed by atoms with Gasteiger partial charge in [-0.1, -0.05) is 41.6 Å². The third-order valence-corrected chi connectivity index (χ3v) is 4.63. The lowest BCUT2D eigenvalue weighted by Gasteiger charge is -2.18. The Balaban J connectivity index is 3.91. The molecule has 84 valence electrons. The molecule has 0 aliphatic carbocycles. The Morgan fingerprint density at radius 3 is 2.29 bits per heavy atom. The molecule has 0 amide bonds. The molecule has 1 unspecified atom stereocenters. The van der Waals surface area contributed by atoms with Crippen LogP contribution in [0.3, 0.4) is 0 Å². The highest BCUT2D eigenvalue weighted by molar-refractivity contribution is 9.09. The van der Waals surface area contributed by atoms with Gasteiger partial charge in [0.1, 0.15) is 0 Å². The van der Waals surface area contributed by atoms with E-state index in [-0.39, 0.29) is 5.92 Å². The molecule has 1 N–H and O–H groups in total. The second kappa shape index (κ2) is 6.61. The molecule has 0 fully saturated rings. The summed E-state index contributed by atoms with van der Waals surface area (Å²) in [5, 5.41) is 9.90. The molecule has 2 nitrogen and oxygen atoms in total. The second-order valence-corrected chi connectivity index (χ2v) is 11.4. The average molecular weight is 281 g/mol. The Morgan fingerprint density at radius 1 is 1.36 bits per heavy atom. The third kappa shape index (κ3) is 7.56. The molecule has 0 radical (unpaired) electrons. The van der Waals surface area contributed by atoms with Crippen molar-refractivity contribution in [2.75, 3.05) is 5.33 Å². The van der Waals surface area contributed by atoms with Gasteiger partial charge >= 0.3 is 5.97 Å². The minimum atomic E-state index is -1.08. The number of hydrogen-bond donors (Lipinski definition) is 1. The van der Waals surface area contributed by atoms with E-state index in [0.29, 0.717) is 0 Å². The number of hydrogen-bond acceptors (Lipinski definition) is 1. The Morgan fingerprint density at radius 2 is 1.93 bits per heavy atom. The van der Waals surface area contributed by atoms with Gasteiger partial charge in [-0.05, 0) is 19.3 Å². The molecule has 0 aliphatic rings. The summed E-state index contributed by atoms with van der Waals surface area (Å²) in [4.78, 5) is 10.9. The molecule has 0 saturated carbocycles. The maximum atomic E-state index is 10.9. The Bertz CT molecular complexity index is 177. The van der Waals surface area contributed by atoms with Gasteiger partial charge in [0.25, 0.3) is 0 Å². The zero-order valence-electron chi connectivity index (χ0n) is 9.35. The number of halogens is 1. The van der Waals surface area contributed by atoms with E-state index in [4.69, 9.17) is 5.11 Å². The molecule has 0 rings (SSSR count). The van der Waals surface area contributed by atoms with Gasteiger partial charge in [-0.2, -0.15) is 0 Å². The predicted octanol–water partition coefficient (Wildman–Crippen LogP) is 3.59. The number of alkyl halides is 1. The first kappa shape index (κ1) is 14.2. The van der Waals surface area contributed by atoms with Crippen molar-refractivity contribution in [3.05, 3.63) is 0 Å². The highest BCUT2D eigenvalue weighted by Crippen LogP contribution is 2.20. The zero-order chi connectivity index (χ0) is 11.2. The van der Waals surface area contributed by atoms with Crippen molar-refractivity contribution in [3.8, 4) is 0 Å². The van der Waals surface area contributed by atoms with E-state index >= 15 is 0 Å². The van der Waals surface area contributed by atoms with Gasteiger partial charge in [0, 0.05) is 13.4 Å². The van der Waals surface area contributed by atoms with Crippen LogP contribution in [0, 0.1) is 5.92 Å². The first-order valence-electron chi connectivity index (χ1n) is 5.15. The van der Waals surface area contributed by atoms with Crippen LogP contribution < -0.4 is 0 Å². The largest absolute Gasteiger partial charge is 0.481 e. The van der Waals surface area contributed by atoms with Crippen LogP contribution in [0.5, 0.6) is 0 Å². The first-order chi connectivity index (χ1) is 6.37. The van der Waals surface area contributed by atoms with Crippen molar-refractivity contribution in [2.24, 2.45) is 5.92 Å². The van der Waals surface area contributed by atoms with Gasteiger partial charge in [0.2, 0.25) is 0 Å². The molecule has 0 aromatic heterocycles. The summed E-state index contributed by atoms with van der Waals surface area (Å²) in [5.74, 6) is -0.747. The lowest BCUT2D eigenvalue weighted by Crippen LogP contribution is -2.23. The molecule has 0 heterocycles. The van der Waals surface area contributed by atoms with E-state index in [2.05, 4.69) is 35.6 Å². The van der Waals surface area contributed by atoms with Crippen molar-refractivity contribution in [3.63, 3.8) is 0 Å². The van der Waals surface area contributed by atoms with Crippen LogP contribution in [0.15, 0.2) is 0 Å². The summed E-state index contributed by atoms with van der Waals surface area (Å²) in [6, 6.07) is 1.12. The Hall–Kier alpha value is 0.167. The van der Waals surface area contributed by atoms with E-state index in [1.54, 1.807) is 0 Å². The molecule has 0 aliphatic heterocycles. The van der Waals surface area contributed by atoms with Crippen LogP contribution in [0.2, 0.25) is 25.7 Å². The third-order valence-electron chi connectivity index (χ3n) is 2.28. The fourth-order valence-electron chi connectivity index (χ4n) is 1.32. The molecule has 0 bridgehead atoms. The summed E-state index contributed by atoms with van der Waals surface area (Å²) in [7, 11) is -1.08. The van der Waals surface area contributed by atoms with Crippen LogP contribution >= 0.6 is 15.9 Å². The van der Waals surface area contributed by atoms with Gasteiger partial charge in [-0.3, -0.25) is 4.79 Å². The summed E-state index contributed by atoms with van der Waals surface area (Å²) >= 11 is 3.33. The lowest BCUT2D eigenvalue weighted by atomic mass is 10.0. The molecular formula is C10H21BrO2Si. The quantitative estimate of drug-likeness (QED) is 0.572. The fourth-order valence-corrected chi connectivity index (χ4v) is 2.86. The van der Waals surface area contributed by atoms with Crippen LogP contribution in [0.1, 0.15) is 19.3 Å². The fraction of sp³-hybridized carbons (Fsp3) is 0.900.